The molecular formula is C28H29N3O6S3. The molecule has 0 saturated heterocycles. The first-order chi connectivity index (χ1) is 19.2. The molecule has 1 aliphatic rings. The van der Waals surface area contributed by atoms with Crippen molar-refractivity contribution in [3.05, 3.63) is 44.6 Å². The number of thiophene rings is 1. The number of benzene rings is 1. The summed E-state index contributed by atoms with van der Waals surface area (Å²) in [6.45, 7) is 4.38. The molecule has 1 atom stereocenters. The number of anilines is 1. The van der Waals surface area contributed by atoms with Crippen molar-refractivity contribution < 1.29 is 28.7 Å². The Bertz CT molecular complexity index is 1580. The number of amides is 2. The number of fused-ring (bicyclic) bond motifs is 2. The Hall–Kier alpha value is -3.40. The summed E-state index contributed by atoms with van der Waals surface area (Å²) in [4.78, 5) is 55.7. The van der Waals surface area contributed by atoms with Crippen LogP contribution in [-0.4, -0.2) is 53.5 Å². The lowest BCUT2D eigenvalue weighted by Gasteiger charge is -2.18. The summed E-state index contributed by atoms with van der Waals surface area (Å²) in [5.74, 6) is 1.46. The van der Waals surface area contributed by atoms with Crippen molar-refractivity contribution >= 4 is 73.4 Å². The van der Waals surface area contributed by atoms with E-state index in [1.54, 1.807) is 29.7 Å². The predicted octanol–water partition coefficient (Wildman–Crippen LogP) is 4.28. The summed E-state index contributed by atoms with van der Waals surface area (Å²) >= 11 is 3.79. The first kappa shape index (κ1) is 29.6. The Balaban J connectivity index is 1.43. The zero-order valence-electron chi connectivity index (χ0n) is 22.4. The van der Waals surface area contributed by atoms with Gasteiger partial charge in [-0.05, 0) is 55.9 Å². The van der Waals surface area contributed by atoms with Gasteiger partial charge in [0.1, 0.15) is 5.00 Å². The molecule has 1 aliphatic carbocycles. The average molecular weight is 600 g/mol. The van der Waals surface area contributed by atoms with Crippen LogP contribution in [0.1, 0.15) is 51.4 Å². The van der Waals surface area contributed by atoms with Gasteiger partial charge in [-0.3, -0.25) is 9.59 Å². The highest BCUT2D eigenvalue weighted by atomic mass is 32.2. The smallest absolute Gasteiger partial charge is 0.341 e. The highest BCUT2D eigenvalue weighted by Crippen LogP contribution is 2.40. The topological polar surface area (TPSA) is 116 Å². The van der Waals surface area contributed by atoms with Crippen molar-refractivity contribution in [2.75, 3.05) is 30.5 Å². The average Bonchev–Trinajstić information content (AvgIpc) is 3.44. The molecule has 2 amide bonds. The van der Waals surface area contributed by atoms with E-state index in [1.807, 2.05) is 0 Å². The number of thiazole rings is 1. The number of esters is 2. The van der Waals surface area contributed by atoms with Crippen LogP contribution < -0.4 is 10.1 Å². The Morgan fingerprint density at radius 2 is 2.02 bits per heavy atom. The number of nitrogens with one attached hydrogen (secondary N) is 1. The van der Waals surface area contributed by atoms with Crippen molar-refractivity contribution in [3.63, 3.8) is 0 Å². The highest BCUT2D eigenvalue weighted by Gasteiger charge is 2.29. The third-order valence-electron chi connectivity index (χ3n) is 6.28. The van der Waals surface area contributed by atoms with E-state index in [4.69, 9.17) is 15.9 Å². The molecule has 0 spiro atoms. The second-order valence-corrected chi connectivity index (χ2v) is 12.3. The summed E-state index contributed by atoms with van der Waals surface area (Å²) in [6.07, 6.45) is 8.17. The quantitative estimate of drug-likeness (QED) is 0.288. The minimum Gasteiger partial charge on any atom is -0.465 e. The normalized spacial score (nSPS) is 14.8. The fourth-order valence-corrected chi connectivity index (χ4v) is 7.53. The molecule has 0 aliphatic heterocycles. The van der Waals surface area contributed by atoms with E-state index in [9.17, 15) is 19.2 Å². The minimum absolute atomic E-state index is 0.0144. The van der Waals surface area contributed by atoms with E-state index in [-0.39, 0.29) is 30.6 Å². The van der Waals surface area contributed by atoms with Gasteiger partial charge in [-0.15, -0.1) is 29.5 Å². The van der Waals surface area contributed by atoms with Crippen LogP contribution in [0.4, 0.5) is 5.00 Å². The minimum atomic E-state index is -0.457. The summed E-state index contributed by atoms with van der Waals surface area (Å²) in [5.41, 5.74) is 2.56. The number of terminal acetylenes is 1. The molecule has 0 saturated carbocycles. The van der Waals surface area contributed by atoms with E-state index in [1.165, 1.54) is 29.8 Å². The summed E-state index contributed by atoms with van der Waals surface area (Å²) in [5, 5.41) is 3.34. The van der Waals surface area contributed by atoms with Crippen LogP contribution in [0.25, 0.3) is 10.2 Å². The standard InChI is InChI=1S/C28H29N3O6S3/c1-5-11-31-19-10-8-17(26(34)37-6-2)13-21(19)40-28(31)30-23(33)15-38-14-22(32)29-25-24(27(35)36-4)18-9-7-16(3)12-20(18)39-25/h1,8,10,13,16H,6-7,9,11-12,14-15H2,2-4H3,(H,29,32). The van der Waals surface area contributed by atoms with Crippen LogP contribution in [0.5, 0.6) is 0 Å². The number of ether oxygens (including phenoxy) is 2. The zero-order chi connectivity index (χ0) is 28.8. The predicted molar refractivity (Wildman–Crippen MR) is 158 cm³/mol. The van der Waals surface area contributed by atoms with Crippen molar-refractivity contribution in [1.82, 2.24) is 4.57 Å². The number of carbonyl (C=O) groups is 4. The van der Waals surface area contributed by atoms with E-state index in [0.717, 1.165) is 51.7 Å². The molecule has 3 aromatic rings. The summed E-state index contributed by atoms with van der Waals surface area (Å²) < 4.78 is 12.5. The van der Waals surface area contributed by atoms with Gasteiger partial charge in [-0.2, -0.15) is 4.99 Å². The third-order valence-corrected chi connectivity index (χ3v) is 9.40. The molecule has 2 heterocycles. The fraction of sp³-hybridized carbons (Fsp3) is 0.393. The zero-order valence-corrected chi connectivity index (χ0v) is 24.9. The van der Waals surface area contributed by atoms with E-state index in [0.29, 0.717) is 26.8 Å². The Morgan fingerprint density at radius 1 is 1.23 bits per heavy atom. The van der Waals surface area contributed by atoms with Crippen LogP contribution in [0.2, 0.25) is 0 Å². The molecule has 1 unspecified atom stereocenters. The van der Waals surface area contributed by atoms with Crippen molar-refractivity contribution in [1.29, 1.82) is 0 Å². The van der Waals surface area contributed by atoms with Crippen LogP contribution in [0.3, 0.4) is 0 Å². The summed E-state index contributed by atoms with van der Waals surface area (Å²) in [6, 6.07) is 5.10. The first-order valence-electron chi connectivity index (χ1n) is 12.7. The molecule has 2 aromatic heterocycles. The maximum atomic E-state index is 12.7. The largest absolute Gasteiger partial charge is 0.465 e. The van der Waals surface area contributed by atoms with Crippen LogP contribution >= 0.6 is 34.4 Å². The number of thioether (sulfide) groups is 1. The third kappa shape index (κ3) is 6.66. The number of methoxy groups -OCH3 is 1. The van der Waals surface area contributed by atoms with Gasteiger partial charge in [0.25, 0.3) is 5.91 Å². The van der Waals surface area contributed by atoms with Crippen LogP contribution in [0, 0.1) is 18.3 Å². The van der Waals surface area contributed by atoms with E-state index >= 15 is 0 Å². The lowest BCUT2D eigenvalue weighted by molar-refractivity contribution is -0.115. The molecule has 40 heavy (non-hydrogen) atoms. The molecule has 4 rings (SSSR count). The van der Waals surface area contributed by atoms with Gasteiger partial charge in [0.15, 0.2) is 4.80 Å². The van der Waals surface area contributed by atoms with Crippen molar-refractivity contribution in [3.8, 4) is 12.3 Å². The number of aromatic nitrogens is 1. The van der Waals surface area contributed by atoms with Gasteiger partial charge >= 0.3 is 11.9 Å². The second kappa shape index (κ2) is 13.3. The molecule has 210 valence electrons. The van der Waals surface area contributed by atoms with E-state index < -0.39 is 17.8 Å². The Kier molecular flexibility index (Phi) is 9.84. The maximum Gasteiger partial charge on any atom is 0.341 e. The molecule has 0 bridgehead atoms. The molecular weight excluding hydrogens is 571 g/mol. The van der Waals surface area contributed by atoms with Gasteiger partial charge in [0.05, 0.1) is 53.1 Å². The summed E-state index contributed by atoms with van der Waals surface area (Å²) in [7, 11) is 1.33. The van der Waals surface area contributed by atoms with Gasteiger partial charge < -0.3 is 19.4 Å². The number of carbonyl (C=O) groups excluding carboxylic acids is 4. The Morgan fingerprint density at radius 3 is 2.75 bits per heavy atom. The lowest BCUT2D eigenvalue weighted by atomic mass is 9.88. The first-order valence-corrected chi connectivity index (χ1v) is 15.5. The lowest BCUT2D eigenvalue weighted by Crippen LogP contribution is -2.19. The number of hydrogen-bond acceptors (Lipinski definition) is 9. The van der Waals surface area contributed by atoms with Gasteiger partial charge in [-0.25, -0.2) is 9.59 Å². The molecule has 9 nitrogen and oxygen atoms in total. The molecule has 1 N–H and O–H groups in total. The van der Waals surface area contributed by atoms with Gasteiger partial charge in [0, 0.05) is 4.88 Å². The number of rotatable bonds is 9. The van der Waals surface area contributed by atoms with Crippen LogP contribution in [0.15, 0.2) is 23.2 Å². The molecule has 0 fully saturated rings. The second-order valence-electron chi connectivity index (χ2n) is 9.17. The monoisotopic (exact) mass is 599 g/mol. The number of hydrogen-bond donors (Lipinski definition) is 1. The van der Waals surface area contributed by atoms with Crippen molar-refractivity contribution in [2.45, 2.75) is 39.7 Å². The van der Waals surface area contributed by atoms with Crippen LogP contribution in [-0.2, 0) is 38.4 Å². The Labute approximate surface area is 244 Å². The maximum absolute atomic E-state index is 12.7. The molecule has 1 aromatic carbocycles. The molecule has 12 heteroatoms. The van der Waals surface area contributed by atoms with E-state index in [2.05, 4.69) is 23.2 Å². The fourth-order valence-electron chi connectivity index (χ4n) is 4.43. The number of nitrogens with zero attached hydrogens (tertiary/aromatic N) is 2. The SMILES string of the molecule is C#CCn1c(=NC(=O)CSCC(=O)Nc2sc3c(c2C(=O)OC)CCC(C)C3)sc2cc(C(=O)OCC)ccc21. The van der Waals surface area contributed by atoms with Gasteiger partial charge in [0.2, 0.25) is 5.91 Å². The molecule has 0 radical (unpaired) electrons. The highest BCUT2D eigenvalue weighted by molar-refractivity contribution is 8.00. The van der Waals surface area contributed by atoms with Gasteiger partial charge in [-0.1, -0.05) is 24.2 Å². The van der Waals surface area contributed by atoms with Crippen molar-refractivity contribution in [2.24, 2.45) is 10.9 Å².